The molecule has 5 heteroatoms. The Balaban J connectivity index is 2.79. The number of nitrogens with zero attached hydrogens (tertiary/aromatic N) is 4. The summed E-state index contributed by atoms with van der Waals surface area (Å²) in [6.07, 6.45) is 0.506. The molecule has 0 aliphatic rings. The summed E-state index contributed by atoms with van der Waals surface area (Å²) in [5, 5.41) is 12.2. The molecule has 5 nitrogen and oxygen atoms in total. The zero-order chi connectivity index (χ0) is 12.5. The predicted molar refractivity (Wildman–Crippen MR) is 63.2 cm³/mol. The van der Waals surface area contributed by atoms with E-state index in [-0.39, 0.29) is 0 Å². The number of ether oxygens (including phenoxy) is 1. The van der Waals surface area contributed by atoms with E-state index in [1.54, 1.807) is 18.2 Å². The Bertz CT molecular complexity index is 542. The molecular weight excluding hydrogens is 216 g/mol. The maximum Gasteiger partial charge on any atom is 0.137 e. The summed E-state index contributed by atoms with van der Waals surface area (Å²) >= 11 is 0. The monoisotopic (exact) mass is 226 g/mol. The Morgan fingerprint density at radius 3 is 3.00 bits per heavy atom. The van der Waals surface area contributed by atoms with Gasteiger partial charge in [-0.1, -0.05) is 17.0 Å². The summed E-state index contributed by atoms with van der Waals surface area (Å²) < 4.78 is 5.06. The smallest absolute Gasteiger partial charge is 0.137 e. The van der Waals surface area contributed by atoms with E-state index >= 15 is 0 Å². The van der Waals surface area contributed by atoms with Crippen LogP contribution in [0.25, 0.3) is 10.4 Å². The Hall–Kier alpha value is -2.62. The molecule has 1 aromatic carbocycles. The fourth-order valence-electron chi connectivity index (χ4n) is 1.18. The highest BCUT2D eigenvalue weighted by atomic mass is 16.5. The highest BCUT2D eigenvalue weighted by molar-refractivity contribution is 5.49. The van der Waals surface area contributed by atoms with Crippen molar-refractivity contribution in [2.45, 2.75) is 6.42 Å². The standard InChI is InChI=1S/C12H10N4O/c1-17-12-8-10(5-6-11(12)9-13)4-2-3-7-15-16-14/h5-6,8H,3,7H2,1H3. The zero-order valence-electron chi connectivity index (χ0n) is 9.34. The number of nitriles is 1. The second-order valence-electron chi connectivity index (χ2n) is 3.03. The molecule has 84 valence electrons. The first kappa shape index (κ1) is 12.4. The van der Waals surface area contributed by atoms with E-state index in [4.69, 9.17) is 15.5 Å². The molecule has 1 aromatic rings. The summed E-state index contributed by atoms with van der Waals surface area (Å²) in [4.78, 5) is 2.63. The first-order valence-corrected chi connectivity index (χ1v) is 4.89. The summed E-state index contributed by atoms with van der Waals surface area (Å²) in [7, 11) is 1.51. The van der Waals surface area contributed by atoms with Crippen LogP contribution in [0.2, 0.25) is 0 Å². The molecule has 0 amide bonds. The average Bonchev–Trinajstić information content (AvgIpc) is 2.38. The lowest BCUT2D eigenvalue weighted by molar-refractivity contribution is 0.413. The van der Waals surface area contributed by atoms with Crippen molar-refractivity contribution >= 4 is 0 Å². The van der Waals surface area contributed by atoms with Gasteiger partial charge in [0.25, 0.3) is 0 Å². The van der Waals surface area contributed by atoms with E-state index in [0.29, 0.717) is 24.3 Å². The molecule has 0 N–H and O–H groups in total. The highest BCUT2D eigenvalue weighted by Crippen LogP contribution is 2.18. The van der Waals surface area contributed by atoms with Gasteiger partial charge in [-0.15, -0.1) is 0 Å². The third-order valence-electron chi connectivity index (χ3n) is 1.95. The maximum absolute atomic E-state index is 8.80. The van der Waals surface area contributed by atoms with E-state index in [0.717, 1.165) is 5.56 Å². The molecule has 0 bridgehead atoms. The maximum atomic E-state index is 8.80. The van der Waals surface area contributed by atoms with Crippen LogP contribution in [0.5, 0.6) is 5.75 Å². The largest absolute Gasteiger partial charge is 0.495 e. The van der Waals surface area contributed by atoms with Gasteiger partial charge in [0.1, 0.15) is 11.8 Å². The van der Waals surface area contributed by atoms with E-state index in [2.05, 4.69) is 21.9 Å². The minimum atomic E-state index is 0.358. The van der Waals surface area contributed by atoms with Crippen LogP contribution in [0, 0.1) is 23.2 Å². The highest BCUT2D eigenvalue weighted by Gasteiger charge is 2.01. The van der Waals surface area contributed by atoms with Gasteiger partial charge in [0.15, 0.2) is 0 Å². The molecule has 1 rings (SSSR count). The number of rotatable bonds is 3. The molecule has 0 atom stereocenters. The van der Waals surface area contributed by atoms with Gasteiger partial charge in [-0.25, -0.2) is 0 Å². The molecule has 0 spiro atoms. The van der Waals surface area contributed by atoms with Gasteiger partial charge in [0, 0.05) is 23.4 Å². The minimum absolute atomic E-state index is 0.358. The molecule has 0 saturated heterocycles. The zero-order valence-corrected chi connectivity index (χ0v) is 9.34. The summed E-state index contributed by atoms with van der Waals surface area (Å²) in [6, 6.07) is 7.15. The third-order valence-corrected chi connectivity index (χ3v) is 1.95. The fourth-order valence-corrected chi connectivity index (χ4v) is 1.18. The molecule has 0 saturated carbocycles. The van der Waals surface area contributed by atoms with Crippen LogP contribution in [-0.2, 0) is 0 Å². The Morgan fingerprint density at radius 2 is 2.35 bits per heavy atom. The second-order valence-corrected chi connectivity index (χ2v) is 3.03. The number of hydrogen-bond donors (Lipinski definition) is 0. The lowest BCUT2D eigenvalue weighted by atomic mass is 10.1. The third kappa shape index (κ3) is 3.79. The van der Waals surface area contributed by atoms with Crippen LogP contribution >= 0.6 is 0 Å². The topological polar surface area (TPSA) is 81.8 Å². The molecule has 0 heterocycles. The van der Waals surface area contributed by atoms with Crippen molar-refractivity contribution < 1.29 is 4.74 Å². The first-order chi connectivity index (χ1) is 8.31. The van der Waals surface area contributed by atoms with Crippen LogP contribution in [0.4, 0.5) is 0 Å². The summed E-state index contributed by atoms with van der Waals surface area (Å²) in [6.45, 7) is 0.358. The van der Waals surface area contributed by atoms with Gasteiger partial charge in [0.05, 0.1) is 12.7 Å². The van der Waals surface area contributed by atoms with E-state index in [1.165, 1.54) is 7.11 Å². The minimum Gasteiger partial charge on any atom is -0.495 e. The molecular formula is C12H10N4O. The van der Waals surface area contributed by atoms with Gasteiger partial charge in [-0.2, -0.15) is 5.26 Å². The van der Waals surface area contributed by atoms with Crippen molar-refractivity contribution in [3.8, 4) is 23.7 Å². The summed E-state index contributed by atoms with van der Waals surface area (Å²) in [5.74, 6) is 6.29. The van der Waals surface area contributed by atoms with E-state index < -0.39 is 0 Å². The lowest BCUT2D eigenvalue weighted by Gasteiger charge is -2.01. The van der Waals surface area contributed by atoms with Gasteiger partial charge < -0.3 is 4.74 Å². The van der Waals surface area contributed by atoms with Gasteiger partial charge in [-0.3, -0.25) is 0 Å². The van der Waals surface area contributed by atoms with E-state index in [1.807, 2.05) is 6.07 Å². The molecule has 17 heavy (non-hydrogen) atoms. The van der Waals surface area contributed by atoms with Crippen LogP contribution in [0.3, 0.4) is 0 Å². The molecule has 0 aromatic heterocycles. The van der Waals surface area contributed by atoms with E-state index in [9.17, 15) is 0 Å². The molecule has 0 unspecified atom stereocenters. The Kier molecular flexibility index (Phi) is 4.97. The Morgan fingerprint density at radius 1 is 1.53 bits per heavy atom. The van der Waals surface area contributed by atoms with Crippen molar-refractivity contribution in [1.29, 1.82) is 5.26 Å². The van der Waals surface area contributed by atoms with Crippen molar-refractivity contribution in [3.05, 3.63) is 39.8 Å². The fraction of sp³-hybridized carbons (Fsp3) is 0.250. The van der Waals surface area contributed by atoms with Crippen LogP contribution < -0.4 is 4.74 Å². The number of azide groups is 1. The molecule has 0 radical (unpaired) electrons. The molecule has 0 aliphatic heterocycles. The van der Waals surface area contributed by atoms with Gasteiger partial charge in [0.2, 0.25) is 0 Å². The lowest BCUT2D eigenvalue weighted by Crippen LogP contribution is -1.88. The van der Waals surface area contributed by atoms with Crippen molar-refractivity contribution in [3.63, 3.8) is 0 Å². The molecule has 0 fully saturated rings. The predicted octanol–water partition coefficient (Wildman–Crippen LogP) is 2.62. The van der Waals surface area contributed by atoms with Crippen LogP contribution in [-0.4, -0.2) is 13.7 Å². The Labute approximate surface area is 99.3 Å². The van der Waals surface area contributed by atoms with Crippen molar-refractivity contribution in [1.82, 2.24) is 0 Å². The van der Waals surface area contributed by atoms with Gasteiger partial charge in [-0.05, 0) is 23.7 Å². The number of methoxy groups -OCH3 is 1. The number of benzene rings is 1. The normalized spacial score (nSPS) is 8.24. The summed E-state index contributed by atoms with van der Waals surface area (Å²) in [5.41, 5.74) is 9.32. The second kappa shape index (κ2) is 6.79. The van der Waals surface area contributed by atoms with Crippen molar-refractivity contribution in [2.24, 2.45) is 5.11 Å². The molecule has 0 aliphatic carbocycles. The quantitative estimate of drug-likeness (QED) is 0.261. The SMILES string of the molecule is COc1cc(C#CCCN=[N+]=[N-])ccc1C#N. The van der Waals surface area contributed by atoms with Crippen LogP contribution in [0.15, 0.2) is 23.3 Å². The number of hydrogen-bond acceptors (Lipinski definition) is 3. The average molecular weight is 226 g/mol. The van der Waals surface area contributed by atoms with Crippen LogP contribution in [0.1, 0.15) is 17.5 Å². The first-order valence-electron chi connectivity index (χ1n) is 4.89. The van der Waals surface area contributed by atoms with Crippen molar-refractivity contribution in [2.75, 3.05) is 13.7 Å². The van der Waals surface area contributed by atoms with Gasteiger partial charge >= 0.3 is 0 Å².